The zero-order valence-electron chi connectivity index (χ0n) is 22.0. The van der Waals surface area contributed by atoms with Gasteiger partial charge in [-0.2, -0.15) is 0 Å². The Balaban J connectivity index is 1.17. The van der Waals surface area contributed by atoms with Crippen LogP contribution in [0, 0.1) is 5.82 Å². The molecule has 3 atom stereocenters. The summed E-state index contributed by atoms with van der Waals surface area (Å²) in [7, 11) is 0. The van der Waals surface area contributed by atoms with Crippen molar-refractivity contribution >= 4 is 40.3 Å². The lowest BCUT2D eigenvalue weighted by Gasteiger charge is -2.24. The van der Waals surface area contributed by atoms with Gasteiger partial charge in [-0.25, -0.2) is 4.39 Å². The Morgan fingerprint density at radius 1 is 1.12 bits per heavy atom. The summed E-state index contributed by atoms with van der Waals surface area (Å²) in [5.74, 6) is -0.794. The van der Waals surface area contributed by atoms with E-state index in [-0.39, 0.29) is 37.3 Å². The van der Waals surface area contributed by atoms with Crippen LogP contribution in [0.3, 0.4) is 0 Å². The predicted octanol–water partition coefficient (Wildman–Crippen LogP) is 3.50. The third-order valence-electron chi connectivity index (χ3n) is 6.85. The number of H-pyrrole nitrogens is 1. The van der Waals surface area contributed by atoms with E-state index in [1.165, 1.54) is 41.3 Å². The number of hydrogen-bond donors (Lipinski definition) is 3. The molecule has 0 unspecified atom stereocenters. The lowest BCUT2D eigenvalue weighted by molar-refractivity contribution is -0.137. The summed E-state index contributed by atoms with van der Waals surface area (Å²) in [5, 5.41) is 5.99. The monoisotopic (exact) mass is 576 g/mol. The number of carbonyl (C=O) groups excluding carboxylic acids is 3. The lowest BCUT2D eigenvalue weighted by Crippen LogP contribution is -2.49. The van der Waals surface area contributed by atoms with Crippen LogP contribution in [0.1, 0.15) is 35.4 Å². The Morgan fingerprint density at radius 3 is 2.51 bits per heavy atom. The van der Waals surface area contributed by atoms with Crippen molar-refractivity contribution in [3.8, 4) is 11.5 Å². The summed E-state index contributed by atoms with van der Waals surface area (Å²) < 4.78 is 30.3. The van der Waals surface area contributed by atoms with Gasteiger partial charge in [0, 0.05) is 45.2 Å². The number of hydrogen-bond acceptors (Lipinski definition) is 6. The first-order valence-electron chi connectivity index (χ1n) is 12.9. The van der Waals surface area contributed by atoms with E-state index in [1.807, 2.05) is 19.1 Å². The van der Waals surface area contributed by atoms with Crippen LogP contribution >= 0.6 is 0 Å². The van der Waals surface area contributed by atoms with E-state index in [0.29, 0.717) is 28.7 Å². The van der Waals surface area contributed by atoms with Crippen LogP contribution in [-0.4, -0.2) is 57.0 Å². The Hall–Kier alpha value is -4.71. The topological polar surface area (TPSA) is 133 Å². The van der Waals surface area contributed by atoms with Crippen molar-refractivity contribution in [2.45, 2.75) is 30.7 Å². The summed E-state index contributed by atoms with van der Waals surface area (Å²) in [6.45, 7) is 1.60. The fourth-order valence-electron chi connectivity index (χ4n) is 4.68. The van der Waals surface area contributed by atoms with Crippen molar-refractivity contribution in [3.63, 3.8) is 0 Å². The average molecular weight is 577 g/mol. The summed E-state index contributed by atoms with van der Waals surface area (Å²) in [4.78, 5) is 47.7. The molecule has 10 nitrogen and oxygen atoms in total. The summed E-state index contributed by atoms with van der Waals surface area (Å²) in [6, 6.07) is 14.3. The van der Waals surface area contributed by atoms with Crippen molar-refractivity contribution in [3.05, 3.63) is 90.1 Å². The Morgan fingerprint density at radius 2 is 1.83 bits per heavy atom. The number of halogens is 1. The molecule has 41 heavy (non-hydrogen) atoms. The molecule has 12 heteroatoms. The minimum absolute atomic E-state index is 0.114. The molecule has 0 radical (unpaired) electrons. The highest BCUT2D eigenvalue weighted by atomic mass is 32.1. The minimum atomic E-state index is -0.831. The van der Waals surface area contributed by atoms with Gasteiger partial charge in [-0.3, -0.25) is 19.4 Å². The minimum Gasteiger partial charge on any atom is -0.457 e. The van der Waals surface area contributed by atoms with Gasteiger partial charge in [-0.1, -0.05) is 0 Å². The number of fused-ring (bicyclic) bond motifs is 1. The second kappa shape index (κ2) is 12.2. The van der Waals surface area contributed by atoms with Crippen molar-refractivity contribution < 1.29 is 27.7 Å². The van der Waals surface area contributed by atoms with Crippen molar-refractivity contribution in [1.82, 2.24) is 25.5 Å². The maximum absolute atomic E-state index is 13.2. The maximum Gasteiger partial charge on any atom is 0.464 e. The van der Waals surface area contributed by atoms with Crippen LogP contribution < -0.4 is 15.4 Å². The highest BCUT2D eigenvalue weighted by Gasteiger charge is 2.45. The zero-order chi connectivity index (χ0) is 28.9. The van der Waals surface area contributed by atoms with Gasteiger partial charge in [0.05, 0.1) is 19.1 Å². The molecule has 5 rings (SSSR count). The molecule has 1 saturated heterocycles. The van der Waals surface area contributed by atoms with Gasteiger partial charge in [-0.05, 0) is 67.6 Å². The van der Waals surface area contributed by atoms with E-state index in [4.69, 9.17) is 4.74 Å². The van der Waals surface area contributed by atoms with Crippen LogP contribution in [0.4, 0.5) is 4.39 Å². The zero-order valence-corrected chi connectivity index (χ0v) is 22.8. The fraction of sp³-hybridized carbons (Fsp3) is 0.241. The van der Waals surface area contributed by atoms with E-state index < -0.39 is 23.1 Å². The first-order valence-corrected chi connectivity index (χ1v) is 13.7. The first-order chi connectivity index (χ1) is 19.8. The van der Waals surface area contributed by atoms with Gasteiger partial charge >= 0.3 is 11.7 Å². The van der Waals surface area contributed by atoms with Gasteiger partial charge in [-0.15, -0.1) is 0 Å². The largest absolute Gasteiger partial charge is 0.464 e. The van der Waals surface area contributed by atoms with Crippen LogP contribution in [0.5, 0.6) is 11.5 Å². The van der Waals surface area contributed by atoms with Crippen LogP contribution in [-0.2, 0) is 25.5 Å². The molecule has 0 aliphatic carbocycles. The van der Waals surface area contributed by atoms with Crippen LogP contribution in [0.15, 0.2) is 73.1 Å². The number of ether oxygens (including phenoxy) is 1. The van der Waals surface area contributed by atoms with Crippen molar-refractivity contribution in [2.24, 2.45) is 0 Å². The number of aromatic nitrogens is 2. The third-order valence-corrected chi connectivity index (χ3v) is 7.47. The molecule has 0 spiro atoms. The van der Waals surface area contributed by atoms with Gasteiger partial charge in [0.2, 0.25) is 11.8 Å². The number of rotatable bonds is 9. The molecule has 3 N–H and O–H groups in total. The predicted molar refractivity (Wildman–Crippen MR) is 150 cm³/mol. The molecule has 210 valence electrons. The third kappa shape index (κ3) is 6.55. The number of pyridine rings is 1. The number of nitrogens with zero attached hydrogens (tertiary/aromatic N) is 2. The average Bonchev–Trinajstić information content (AvgIpc) is 3.62. The van der Waals surface area contributed by atoms with Gasteiger partial charge in [0.15, 0.2) is 0 Å². The standard InChI is InChI=1S/C29H26FN5O5S/c1-17(25-12-19-14-31-11-10-24(19)34-25)33-29(38)26-13-23(41-39)16-35(26)27(36)15-32-28(37)18-2-6-21(7-3-18)40-22-8-4-20(30)5-9-22/h2-12,14,17,23,26H,13,15-16H2,1H3,(H2-,31,32,33,34,37,38)/p+1/t17-,23-,26+/m1/s1. The molecule has 3 amide bonds. The van der Waals surface area contributed by atoms with Gasteiger partial charge < -0.3 is 25.3 Å². The number of likely N-dealkylation sites (tertiary alicyclic amines) is 1. The normalized spacial score (nSPS) is 17.2. The van der Waals surface area contributed by atoms with Crippen LogP contribution in [0.2, 0.25) is 0 Å². The number of amides is 3. The Labute approximate surface area is 238 Å². The fourth-order valence-corrected chi connectivity index (χ4v) is 5.16. The molecule has 0 bridgehead atoms. The number of aromatic amines is 1. The highest BCUT2D eigenvalue weighted by Crippen LogP contribution is 2.24. The van der Waals surface area contributed by atoms with Crippen molar-refractivity contribution in [1.29, 1.82) is 0 Å². The molecule has 4 aromatic rings. The van der Waals surface area contributed by atoms with Gasteiger partial charge in [0.25, 0.3) is 11.2 Å². The summed E-state index contributed by atoms with van der Waals surface area (Å²) >= 11 is 0.362. The SMILES string of the molecule is C[C@@H](NC(=O)[C@@H]1C[C@@H]([S+]=O)CN1C(=O)CNC(=O)c1ccc(Oc2ccc(F)cc2)cc1)c1cc2cnccc2[nH]1. The first kappa shape index (κ1) is 27.8. The molecule has 2 aromatic carbocycles. The Bertz CT molecular complexity index is 1540. The van der Waals surface area contributed by atoms with E-state index in [1.54, 1.807) is 24.5 Å². The molecule has 1 aliphatic rings. The summed E-state index contributed by atoms with van der Waals surface area (Å²) in [5.41, 5.74) is 1.98. The van der Waals surface area contributed by atoms with E-state index in [0.717, 1.165) is 16.6 Å². The maximum atomic E-state index is 13.2. The molecular formula is C29H27FN5O5S+. The molecule has 0 saturated carbocycles. The molecule has 1 aliphatic heterocycles. The quantitative estimate of drug-likeness (QED) is 0.261. The number of benzene rings is 2. The number of nitrogens with one attached hydrogen (secondary N) is 3. The van der Waals surface area contributed by atoms with E-state index >= 15 is 0 Å². The molecular weight excluding hydrogens is 549 g/mol. The molecule has 1 fully saturated rings. The molecule has 3 heterocycles. The second-order valence-corrected chi connectivity index (χ2v) is 10.6. The smallest absolute Gasteiger partial charge is 0.457 e. The summed E-state index contributed by atoms with van der Waals surface area (Å²) in [6.07, 6.45) is 3.62. The van der Waals surface area contributed by atoms with E-state index in [2.05, 4.69) is 20.6 Å². The van der Waals surface area contributed by atoms with Gasteiger partial charge in [0.1, 0.15) is 23.4 Å². The van der Waals surface area contributed by atoms with Crippen LogP contribution in [0.25, 0.3) is 10.9 Å². The van der Waals surface area contributed by atoms with Crippen molar-refractivity contribution in [2.75, 3.05) is 13.1 Å². The lowest BCUT2D eigenvalue weighted by atomic mass is 10.1. The molecule has 2 aromatic heterocycles. The highest BCUT2D eigenvalue weighted by molar-refractivity contribution is 7.66. The number of carbonyl (C=O) groups is 3. The second-order valence-electron chi connectivity index (χ2n) is 9.70. The van der Waals surface area contributed by atoms with E-state index in [9.17, 15) is 23.0 Å². The Kier molecular flexibility index (Phi) is 8.29.